The highest BCUT2D eigenvalue weighted by Crippen LogP contribution is 1.85. The highest BCUT2D eigenvalue weighted by Gasteiger charge is 2.14. The fourth-order valence-corrected chi connectivity index (χ4v) is 2.26. The van der Waals surface area contributed by atoms with E-state index in [1.54, 1.807) is 6.92 Å². The van der Waals surface area contributed by atoms with Crippen LogP contribution in [0.25, 0.3) is 0 Å². The Balaban J connectivity index is 3.89. The molecule has 84 valence electrons. The summed E-state index contributed by atoms with van der Waals surface area (Å²) in [6.07, 6.45) is 0. The Morgan fingerprint density at radius 2 is 2.07 bits per heavy atom. The zero-order chi connectivity index (χ0) is 11.2. The van der Waals surface area contributed by atoms with E-state index in [1.807, 2.05) is 0 Å². The SMILES string of the molecule is CCS(=O)CCNS(=O)(=O)CC(=O)O. The third kappa shape index (κ3) is 6.98. The molecule has 0 heterocycles. The molecule has 0 aliphatic heterocycles. The van der Waals surface area contributed by atoms with Gasteiger partial charge in [0.05, 0.1) is 0 Å². The Bertz CT molecular complexity index is 310. The van der Waals surface area contributed by atoms with Gasteiger partial charge >= 0.3 is 5.97 Å². The zero-order valence-electron chi connectivity index (χ0n) is 7.73. The molecule has 1 atom stereocenters. The first-order chi connectivity index (χ1) is 6.37. The number of aliphatic carboxylic acids is 1. The minimum Gasteiger partial charge on any atom is -0.480 e. The van der Waals surface area contributed by atoms with Crippen LogP contribution in [0.2, 0.25) is 0 Å². The van der Waals surface area contributed by atoms with Gasteiger partial charge in [0.2, 0.25) is 10.0 Å². The van der Waals surface area contributed by atoms with Gasteiger partial charge in [0.15, 0.2) is 5.75 Å². The van der Waals surface area contributed by atoms with Crippen molar-refractivity contribution in [1.29, 1.82) is 0 Å². The molecule has 0 fully saturated rings. The standard InChI is InChI=1S/C6H13NO5S2/c1-2-13(10)4-3-7-14(11,12)5-6(8)9/h7H,2-5H2,1H3,(H,8,9). The summed E-state index contributed by atoms with van der Waals surface area (Å²) in [5.74, 6) is -1.70. The van der Waals surface area contributed by atoms with Crippen LogP contribution < -0.4 is 4.72 Å². The van der Waals surface area contributed by atoms with Crippen LogP contribution >= 0.6 is 0 Å². The maximum absolute atomic E-state index is 10.9. The Morgan fingerprint density at radius 1 is 1.50 bits per heavy atom. The Hall–Kier alpha value is -0.470. The van der Waals surface area contributed by atoms with Crippen LogP contribution in [0.4, 0.5) is 0 Å². The van der Waals surface area contributed by atoms with Gasteiger partial charge in [-0.15, -0.1) is 0 Å². The van der Waals surface area contributed by atoms with Crippen molar-refractivity contribution in [3.05, 3.63) is 0 Å². The zero-order valence-corrected chi connectivity index (χ0v) is 9.36. The van der Waals surface area contributed by atoms with Crippen molar-refractivity contribution in [3.8, 4) is 0 Å². The van der Waals surface area contributed by atoms with E-state index < -0.39 is 32.5 Å². The summed E-state index contributed by atoms with van der Waals surface area (Å²) in [6.45, 7) is 1.73. The van der Waals surface area contributed by atoms with Crippen LogP contribution in [0.3, 0.4) is 0 Å². The van der Waals surface area contributed by atoms with Crippen molar-refractivity contribution in [3.63, 3.8) is 0 Å². The Kier molecular flexibility index (Phi) is 5.89. The number of nitrogens with one attached hydrogen (secondary N) is 1. The van der Waals surface area contributed by atoms with Gasteiger partial charge in [0.25, 0.3) is 0 Å². The third-order valence-corrected chi connectivity index (χ3v) is 3.86. The summed E-state index contributed by atoms with van der Waals surface area (Å²) < 4.78 is 34.8. The molecule has 1 unspecified atom stereocenters. The van der Waals surface area contributed by atoms with Crippen LogP contribution in [-0.4, -0.2) is 47.5 Å². The fourth-order valence-electron chi connectivity index (χ4n) is 0.669. The van der Waals surface area contributed by atoms with E-state index in [4.69, 9.17) is 5.11 Å². The van der Waals surface area contributed by atoms with E-state index in [1.165, 1.54) is 0 Å². The number of sulfonamides is 1. The van der Waals surface area contributed by atoms with E-state index in [9.17, 15) is 17.4 Å². The molecule has 0 amide bonds. The lowest BCUT2D eigenvalue weighted by atomic mass is 10.8. The molecular formula is C6H13NO5S2. The van der Waals surface area contributed by atoms with E-state index in [2.05, 4.69) is 4.72 Å². The number of carboxylic acids is 1. The van der Waals surface area contributed by atoms with Gasteiger partial charge in [-0.05, 0) is 0 Å². The molecule has 0 saturated carbocycles. The normalized spacial score (nSPS) is 13.8. The number of carboxylic acid groups (broad SMARTS) is 1. The molecule has 0 aliphatic rings. The molecule has 14 heavy (non-hydrogen) atoms. The van der Waals surface area contributed by atoms with Crippen molar-refractivity contribution in [2.75, 3.05) is 23.8 Å². The molecule has 0 radical (unpaired) electrons. The molecular weight excluding hydrogens is 230 g/mol. The molecule has 0 spiro atoms. The topological polar surface area (TPSA) is 101 Å². The molecule has 0 aromatic carbocycles. The maximum Gasteiger partial charge on any atom is 0.320 e. The largest absolute Gasteiger partial charge is 0.480 e. The fraction of sp³-hybridized carbons (Fsp3) is 0.833. The maximum atomic E-state index is 10.9. The highest BCUT2D eigenvalue weighted by atomic mass is 32.2. The minimum atomic E-state index is -3.77. The molecule has 8 heteroatoms. The van der Waals surface area contributed by atoms with Gasteiger partial charge in [-0.1, -0.05) is 6.92 Å². The summed E-state index contributed by atoms with van der Waals surface area (Å²) in [4.78, 5) is 10.1. The molecule has 2 N–H and O–H groups in total. The predicted octanol–water partition coefficient (Wildman–Crippen LogP) is -1.24. The lowest BCUT2D eigenvalue weighted by molar-refractivity contribution is -0.134. The van der Waals surface area contributed by atoms with Crippen molar-refractivity contribution < 1.29 is 22.5 Å². The average molecular weight is 243 g/mol. The second kappa shape index (κ2) is 6.10. The van der Waals surface area contributed by atoms with Crippen LogP contribution in [-0.2, 0) is 25.6 Å². The van der Waals surface area contributed by atoms with Gasteiger partial charge in [-0.25, -0.2) is 13.1 Å². The van der Waals surface area contributed by atoms with Crippen molar-refractivity contribution in [1.82, 2.24) is 4.72 Å². The molecule has 0 aromatic heterocycles. The summed E-state index contributed by atoms with van der Waals surface area (Å²) in [6, 6.07) is 0. The van der Waals surface area contributed by atoms with Crippen LogP contribution in [0.1, 0.15) is 6.92 Å². The first kappa shape index (κ1) is 13.5. The second-order valence-corrected chi connectivity index (χ2v) is 6.15. The Morgan fingerprint density at radius 3 is 2.50 bits per heavy atom. The summed E-state index contributed by atoms with van der Waals surface area (Å²) in [5.41, 5.74) is 0. The molecule has 0 saturated heterocycles. The first-order valence-corrected chi connectivity index (χ1v) is 7.05. The van der Waals surface area contributed by atoms with E-state index in [0.717, 1.165) is 0 Å². The van der Waals surface area contributed by atoms with Crippen molar-refractivity contribution in [2.24, 2.45) is 0 Å². The van der Waals surface area contributed by atoms with Gasteiger partial charge < -0.3 is 5.11 Å². The summed E-state index contributed by atoms with van der Waals surface area (Å²) in [5, 5.41) is 8.22. The van der Waals surface area contributed by atoms with Gasteiger partial charge in [0.1, 0.15) is 0 Å². The number of rotatable bonds is 7. The van der Waals surface area contributed by atoms with Gasteiger partial charge in [0, 0.05) is 28.9 Å². The monoisotopic (exact) mass is 243 g/mol. The number of carbonyl (C=O) groups is 1. The summed E-state index contributed by atoms with van der Waals surface area (Å²) in [7, 11) is -4.82. The molecule has 6 nitrogen and oxygen atoms in total. The van der Waals surface area contributed by atoms with Crippen LogP contribution in [0.5, 0.6) is 0 Å². The van der Waals surface area contributed by atoms with Crippen LogP contribution in [0, 0.1) is 0 Å². The van der Waals surface area contributed by atoms with Crippen molar-refractivity contribution in [2.45, 2.75) is 6.92 Å². The van der Waals surface area contributed by atoms with Gasteiger partial charge in [-0.2, -0.15) is 0 Å². The average Bonchev–Trinajstić information content (AvgIpc) is 2.01. The van der Waals surface area contributed by atoms with E-state index in [0.29, 0.717) is 5.75 Å². The van der Waals surface area contributed by atoms with E-state index in [-0.39, 0.29) is 12.3 Å². The minimum absolute atomic E-state index is 0.00998. The Labute approximate surface area is 85.2 Å². The molecule has 0 aliphatic carbocycles. The smallest absolute Gasteiger partial charge is 0.320 e. The van der Waals surface area contributed by atoms with E-state index >= 15 is 0 Å². The van der Waals surface area contributed by atoms with Gasteiger partial charge in [-0.3, -0.25) is 9.00 Å². The third-order valence-electron chi connectivity index (χ3n) is 1.29. The quantitative estimate of drug-likeness (QED) is 0.582. The molecule has 0 rings (SSSR count). The van der Waals surface area contributed by atoms with Crippen molar-refractivity contribution >= 4 is 26.8 Å². The molecule has 0 bridgehead atoms. The second-order valence-electron chi connectivity index (χ2n) is 2.48. The molecule has 0 aromatic rings. The summed E-state index contributed by atoms with van der Waals surface area (Å²) >= 11 is 0. The first-order valence-electron chi connectivity index (χ1n) is 3.91. The lowest BCUT2D eigenvalue weighted by Gasteiger charge is -2.03. The van der Waals surface area contributed by atoms with Crippen LogP contribution in [0.15, 0.2) is 0 Å². The lowest BCUT2D eigenvalue weighted by Crippen LogP contribution is -2.32. The number of hydrogen-bond acceptors (Lipinski definition) is 4. The highest BCUT2D eigenvalue weighted by molar-refractivity contribution is 7.90. The predicted molar refractivity (Wildman–Crippen MR) is 53.0 cm³/mol. The number of hydrogen-bond donors (Lipinski definition) is 2.